The molecule has 2 aromatic heterocycles. The van der Waals surface area contributed by atoms with Crippen LogP contribution in [0, 0.1) is 6.92 Å². The lowest BCUT2D eigenvalue weighted by atomic mass is 10.1. The monoisotopic (exact) mass is 341 g/mol. The van der Waals surface area contributed by atoms with Crippen LogP contribution < -0.4 is 0 Å². The summed E-state index contributed by atoms with van der Waals surface area (Å²) in [7, 11) is 0. The molecule has 24 heavy (non-hydrogen) atoms. The Morgan fingerprint density at radius 3 is 2.54 bits per heavy atom. The summed E-state index contributed by atoms with van der Waals surface area (Å²) in [5.41, 5.74) is 2.57. The van der Waals surface area contributed by atoms with Gasteiger partial charge in [0.1, 0.15) is 17.2 Å². The van der Waals surface area contributed by atoms with Crippen LogP contribution in [-0.4, -0.2) is 15.0 Å². The van der Waals surface area contributed by atoms with E-state index in [4.69, 9.17) is 16.0 Å². The second-order valence-corrected chi connectivity index (χ2v) is 5.11. The molecule has 3 rings (SSSR count). The van der Waals surface area contributed by atoms with Crippen LogP contribution in [0.15, 0.2) is 35.3 Å². The Kier molecular flexibility index (Phi) is 5.88. The van der Waals surface area contributed by atoms with Crippen molar-refractivity contribution in [1.29, 1.82) is 0 Å². The van der Waals surface area contributed by atoms with Crippen molar-refractivity contribution >= 4 is 34.7 Å². The van der Waals surface area contributed by atoms with Crippen LogP contribution in [-0.2, 0) is 0 Å². The Labute approximate surface area is 146 Å². The van der Waals surface area contributed by atoms with Gasteiger partial charge in [0.15, 0.2) is 5.82 Å². The molecule has 1 aromatic carbocycles. The number of halogens is 1. The predicted octanol–water partition coefficient (Wildman–Crippen LogP) is 5.95. The van der Waals surface area contributed by atoms with Crippen LogP contribution >= 0.6 is 11.6 Å². The summed E-state index contributed by atoms with van der Waals surface area (Å²) >= 11 is 5.90. The van der Waals surface area contributed by atoms with Gasteiger partial charge < -0.3 is 4.42 Å². The Morgan fingerprint density at radius 1 is 1.17 bits per heavy atom. The minimum atomic E-state index is 0.184. The highest BCUT2D eigenvalue weighted by Gasteiger charge is 2.12. The van der Waals surface area contributed by atoms with Crippen LogP contribution in [0.4, 0.5) is 0 Å². The summed E-state index contributed by atoms with van der Waals surface area (Å²) in [6.07, 6.45) is 5.65. The normalized spacial score (nSPS) is 10.7. The van der Waals surface area contributed by atoms with Gasteiger partial charge in [-0.3, -0.25) is 0 Å². The largest absolute Gasteiger partial charge is 0.456 e. The number of hydrogen-bond donors (Lipinski definition) is 0. The first-order valence-electron chi connectivity index (χ1n) is 7.82. The fraction of sp³-hybridized carbons (Fsp3) is 0.211. The first-order valence-corrected chi connectivity index (χ1v) is 8.20. The molecule has 0 aliphatic heterocycles. The molecule has 0 atom stereocenters. The van der Waals surface area contributed by atoms with E-state index >= 15 is 0 Å². The maximum absolute atomic E-state index is 5.90. The van der Waals surface area contributed by atoms with Crippen molar-refractivity contribution in [3.05, 3.63) is 53.3 Å². The number of hydrogen-bond acceptors (Lipinski definition) is 4. The van der Waals surface area contributed by atoms with Gasteiger partial charge in [0.25, 0.3) is 0 Å². The lowest BCUT2D eigenvalue weighted by Gasteiger charge is -2.01. The zero-order valence-corrected chi connectivity index (χ0v) is 15.1. The van der Waals surface area contributed by atoms with Gasteiger partial charge >= 0.3 is 0 Å². The van der Waals surface area contributed by atoms with Gasteiger partial charge in [-0.05, 0) is 43.7 Å². The molecule has 0 unspecified atom stereocenters. The van der Waals surface area contributed by atoms with Crippen molar-refractivity contribution in [3.8, 4) is 11.4 Å². The van der Waals surface area contributed by atoms with Crippen molar-refractivity contribution in [2.75, 3.05) is 0 Å². The molecule has 0 amide bonds. The summed E-state index contributed by atoms with van der Waals surface area (Å²) in [6, 6.07) is 5.82. The van der Waals surface area contributed by atoms with E-state index in [0.29, 0.717) is 11.6 Å². The van der Waals surface area contributed by atoms with Crippen LogP contribution in [0.25, 0.3) is 34.5 Å². The van der Waals surface area contributed by atoms with E-state index in [1.54, 1.807) is 13.0 Å². The standard InChI is InChI=1S/C17H14ClN3O.C2H6/c1-4-6-14-12(5-2)13-8-7-11(9-15(13)22-14)16-19-10(3)20-17(18)21-16;1-2/h4-9H,2H2,1,3H3;1-2H3/b6-4-;. The molecule has 0 radical (unpaired) electrons. The third-order valence-electron chi connectivity index (χ3n) is 3.26. The second-order valence-electron chi connectivity index (χ2n) is 4.77. The van der Waals surface area contributed by atoms with Gasteiger partial charge in [-0.1, -0.05) is 38.6 Å². The number of benzene rings is 1. The average molecular weight is 342 g/mol. The van der Waals surface area contributed by atoms with E-state index in [1.165, 1.54) is 0 Å². The number of aryl methyl sites for hydroxylation is 1. The number of aromatic nitrogens is 3. The summed E-state index contributed by atoms with van der Waals surface area (Å²) in [6.45, 7) is 11.6. The van der Waals surface area contributed by atoms with E-state index < -0.39 is 0 Å². The number of nitrogens with zero attached hydrogens (tertiary/aromatic N) is 3. The number of furan rings is 1. The van der Waals surface area contributed by atoms with E-state index in [1.807, 2.05) is 51.1 Å². The smallest absolute Gasteiger partial charge is 0.226 e. The molecule has 0 bridgehead atoms. The van der Waals surface area contributed by atoms with Crippen molar-refractivity contribution in [2.45, 2.75) is 27.7 Å². The van der Waals surface area contributed by atoms with Gasteiger partial charge in [0.2, 0.25) is 5.28 Å². The fourth-order valence-corrected chi connectivity index (χ4v) is 2.54. The number of allylic oxidation sites excluding steroid dienone is 1. The topological polar surface area (TPSA) is 51.8 Å². The average Bonchev–Trinajstić information content (AvgIpc) is 2.92. The van der Waals surface area contributed by atoms with Gasteiger partial charge in [-0.25, -0.2) is 9.97 Å². The van der Waals surface area contributed by atoms with Gasteiger partial charge in [0.05, 0.1) is 0 Å². The Hall–Kier alpha value is -2.46. The lowest BCUT2D eigenvalue weighted by molar-refractivity contribution is 0.603. The zero-order valence-electron chi connectivity index (χ0n) is 14.3. The Balaban J connectivity index is 0.00000100. The van der Waals surface area contributed by atoms with Gasteiger partial charge in [-0.2, -0.15) is 4.98 Å². The molecule has 0 saturated carbocycles. The molecule has 124 valence electrons. The zero-order chi connectivity index (χ0) is 17.7. The van der Waals surface area contributed by atoms with Crippen LogP contribution in [0.3, 0.4) is 0 Å². The van der Waals surface area contributed by atoms with Crippen LogP contribution in [0.2, 0.25) is 5.28 Å². The quantitative estimate of drug-likeness (QED) is 0.590. The van der Waals surface area contributed by atoms with Gasteiger partial charge in [0, 0.05) is 16.5 Å². The Bertz CT molecular complexity index is 877. The third-order valence-corrected chi connectivity index (χ3v) is 3.43. The molecule has 5 heteroatoms. The summed E-state index contributed by atoms with van der Waals surface area (Å²) in [5.74, 6) is 1.90. The first-order chi connectivity index (χ1) is 11.6. The fourth-order valence-electron chi connectivity index (χ4n) is 2.34. The van der Waals surface area contributed by atoms with E-state index in [2.05, 4.69) is 21.5 Å². The Morgan fingerprint density at radius 2 is 1.92 bits per heavy atom. The molecule has 0 saturated heterocycles. The highest BCUT2D eigenvalue weighted by molar-refractivity contribution is 6.28. The molecule has 0 fully saturated rings. The molecule has 3 aromatic rings. The molecule has 2 heterocycles. The summed E-state index contributed by atoms with van der Waals surface area (Å²) in [4.78, 5) is 12.5. The number of rotatable bonds is 3. The van der Waals surface area contributed by atoms with Crippen molar-refractivity contribution in [1.82, 2.24) is 15.0 Å². The van der Waals surface area contributed by atoms with Crippen molar-refractivity contribution in [2.24, 2.45) is 0 Å². The minimum absolute atomic E-state index is 0.184. The molecular weight excluding hydrogens is 322 g/mol. The van der Waals surface area contributed by atoms with E-state index in [-0.39, 0.29) is 5.28 Å². The first kappa shape index (κ1) is 17.9. The molecule has 4 nitrogen and oxygen atoms in total. The number of fused-ring (bicyclic) bond motifs is 1. The lowest BCUT2D eigenvalue weighted by Crippen LogP contribution is -1.96. The molecule has 0 N–H and O–H groups in total. The van der Waals surface area contributed by atoms with Crippen LogP contribution in [0.1, 0.15) is 37.9 Å². The maximum Gasteiger partial charge on any atom is 0.226 e. The molecule has 0 aliphatic carbocycles. The van der Waals surface area contributed by atoms with E-state index in [0.717, 1.165) is 27.9 Å². The van der Waals surface area contributed by atoms with E-state index in [9.17, 15) is 0 Å². The third kappa shape index (κ3) is 3.54. The van der Waals surface area contributed by atoms with Crippen LogP contribution in [0.5, 0.6) is 0 Å². The molecule has 0 spiro atoms. The molecule has 0 aliphatic rings. The minimum Gasteiger partial charge on any atom is -0.456 e. The van der Waals surface area contributed by atoms with Gasteiger partial charge in [-0.15, -0.1) is 0 Å². The molecular formula is C19H20ClN3O. The summed E-state index contributed by atoms with van der Waals surface area (Å²) < 4.78 is 5.89. The van der Waals surface area contributed by atoms with Crippen molar-refractivity contribution in [3.63, 3.8) is 0 Å². The highest BCUT2D eigenvalue weighted by atomic mass is 35.5. The second kappa shape index (κ2) is 7.88. The predicted molar refractivity (Wildman–Crippen MR) is 101 cm³/mol. The maximum atomic E-state index is 5.90. The van der Waals surface area contributed by atoms with Crippen molar-refractivity contribution < 1.29 is 4.42 Å². The SMILES string of the molecule is C=Cc1c(/C=C\C)oc2cc(-c3nc(C)nc(Cl)n3)ccc12.CC. The summed E-state index contributed by atoms with van der Waals surface area (Å²) in [5, 5.41) is 1.19. The highest BCUT2D eigenvalue weighted by Crippen LogP contribution is 2.31.